The van der Waals surface area contributed by atoms with Gasteiger partial charge < -0.3 is 23.9 Å². The predicted molar refractivity (Wildman–Crippen MR) is 170 cm³/mol. The van der Waals surface area contributed by atoms with Gasteiger partial charge in [0.25, 0.3) is 5.91 Å². The van der Waals surface area contributed by atoms with E-state index in [2.05, 4.69) is 51.3 Å². The van der Waals surface area contributed by atoms with Crippen molar-refractivity contribution in [2.45, 2.75) is 58.0 Å². The number of hydrogen-bond acceptors (Lipinski definition) is 6. The summed E-state index contributed by atoms with van der Waals surface area (Å²) in [5.41, 5.74) is 2.45. The van der Waals surface area contributed by atoms with E-state index < -0.39 is 14.4 Å². The first-order valence-corrected chi connectivity index (χ1v) is 17.7. The summed E-state index contributed by atoms with van der Waals surface area (Å²) in [5, 5.41) is 14.1. The van der Waals surface area contributed by atoms with Crippen LogP contribution >= 0.6 is 11.3 Å². The molecule has 10 heteroatoms. The largest absolute Gasteiger partial charge is 0.493 e. The number of nitrogens with zero attached hydrogens (tertiary/aromatic N) is 1. The molecule has 0 spiro atoms. The van der Waals surface area contributed by atoms with Crippen LogP contribution in [0, 0.1) is 0 Å². The van der Waals surface area contributed by atoms with E-state index in [1.54, 1.807) is 22.3 Å². The molecule has 3 aromatic rings. The highest BCUT2D eigenvalue weighted by atomic mass is 32.1. The van der Waals surface area contributed by atoms with Gasteiger partial charge in [0.1, 0.15) is 6.61 Å². The quantitative estimate of drug-likeness (QED) is 0.229. The van der Waals surface area contributed by atoms with Crippen LogP contribution in [-0.4, -0.2) is 56.6 Å². The number of benzene rings is 2. The minimum atomic E-state index is -2.09. The molecule has 4 rings (SSSR count). The molecule has 0 unspecified atom stereocenters. The number of hydrogen-bond donors (Lipinski definition) is 2. The number of thiophene rings is 1. The molecular formula is C32H40N2O6SSi. The number of carbonyl (C=O) groups is 2. The fourth-order valence-electron chi connectivity index (χ4n) is 4.50. The Labute approximate surface area is 253 Å². The van der Waals surface area contributed by atoms with Crippen LogP contribution in [-0.2, 0) is 11.0 Å². The van der Waals surface area contributed by atoms with Crippen LogP contribution in [0.5, 0.6) is 11.5 Å². The molecule has 2 aromatic carbocycles. The highest BCUT2D eigenvalue weighted by Crippen LogP contribution is 2.39. The fraction of sp³-hybridized carbons (Fsp3) is 0.375. The highest BCUT2D eigenvalue weighted by molar-refractivity contribution is 7.11. The molecule has 0 saturated heterocycles. The van der Waals surface area contributed by atoms with Gasteiger partial charge in [-0.3, -0.25) is 10.1 Å². The molecule has 0 fully saturated rings. The van der Waals surface area contributed by atoms with Crippen molar-refractivity contribution < 1.29 is 28.6 Å². The summed E-state index contributed by atoms with van der Waals surface area (Å²) < 4.78 is 18.2. The van der Waals surface area contributed by atoms with Crippen LogP contribution in [0.25, 0.3) is 5.57 Å². The minimum Gasteiger partial charge on any atom is -0.493 e. The Morgan fingerprint density at radius 2 is 1.83 bits per heavy atom. The Hall–Kier alpha value is -3.60. The second-order valence-electron chi connectivity index (χ2n) is 11.8. The predicted octanol–water partition coefficient (Wildman–Crippen LogP) is 7.75. The Morgan fingerprint density at radius 1 is 1.10 bits per heavy atom. The lowest BCUT2D eigenvalue weighted by Crippen LogP contribution is -2.49. The van der Waals surface area contributed by atoms with E-state index in [1.807, 2.05) is 41.8 Å². The lowest BCUT2D eigenvalue weighted by molar-refractivity contribution is 0.0628. The summed E-state index contributed by atoms with van der Waals surface area (Å²) in [6, 6.07) is 16.6. The standard InChI is InChI=1S/C32H40N2O6SSi/c1-32(2,3)42(5,6)40-21-24-17-23(29-13-10-16-41-29)14-15-34(24)30(35)25-18-27(38-4)28(19-26(25)33-31(36)37)39-20-22-11-8-7-9-12-22/h7-14,16,18-19,24,33H,15,17,20-21H2,1-6H3,(H,36,37)/t24-/m0/s1. The van der Waals surface area contributed by atoms with Gasteiger partial charge in [-0.25, -0.2) is 4.79 Å². The molecule has 0 bridgehead atoms. The molecule has 1 aliphatic rings. The zero-order valence-corrected chi connectivity index (χ0v) is 26.9. The van der Waals surface area contributed by atoms with Crippen LogP contribution in [0.2, 0.25) is 18.1 Å². The van der Waals surface area contributed by atoms with E-state index in [0.717, 1.165) is 5.56 Å². The molecule has 0 radical (unpaired) electrons. The Morgan fingerprint density at radius 3 is 2.45 bits per heavy atom. The number of anilines is 1. The first-order valence-electron chi connectivity index (χ1n) is 14.0. The third kappa shape index (κ3) is 7.42. The molecule has 0 saturated carbocycles. The number of carboxylic acid groups (broad SMARTS) is 1. The smallest absolute Gasteiger partial charge is 0.409 e. The number of amides is 2. The summed E-state index contributed by atoms with van der Waals surface area (Å²) in [4.78, 5) is 28.9. The summed E-state index contributed by atoms with van der Waals surface area (Å²) in [6.45, 7) is 12.0. The van der Waals surface area contributed by atoms with Crippen molar-refractivity contribution in [3.63, 3.8) is 0 Å². The third-order valence-electron chi connectivity index (χ3n) is 7.98. The lowest BCUT2D eigenvalue weighted by Gasteiger charge is -2.41. The van der Waals surface area contributed by atoms with Gasteiger partial charge in [-0.1, -0.05) is 63.2 Å². The second-order valence-corrected chi connectivity index (χ2v) is 17.6. The van der Waals surface area contributed by atoms with Crippen LogP contribution in [0.4, 0.5) is 10.5 Å². The maximum atomic E-state index is 14.2. The SMILES string of the molecule is COc1cc(C(=O)N2CC=C(c3cccs3)C[C@H]2CO[Si](C)(C)C(C)(C)C)c(NC(=O)O)cc1OCc1ccccc1. The van der Waals surface area contributed by atoms with E-state index in [0.29, 0.717) is 31.1 Å². The monoisotopic (exact) mass is 608 g/mol. The maximum absolute atomic E-state index is 14.2. The van der Waals surface area contributed by atoms with Crippen LogP contribution in [0.1, 0.15) is 48.0 Å². The molecule has 2 amide bonds. The average molecular weight is 609 g/mol. The topological polar surface area (TPSA) is 97.3 Å². The third-order valence-corrected chi connectivity index (χ3v) is 13.4. The van der Waals surface area contributed by atoms with Crippen molar-refractivity contribution >= 4 is 42.9 Å². The van der Waals surface area contributed by atoms with Crippen molar-refractivity contribution in [2.75, 3.05) is 25.6 Å². The Bertz CT molecular complexity index is 1420. The summed E-state index contributed by atoms with van der Waals surface area (Å²) in [5.74, 6) is 0.362. The van der Waals surface area contributed by atoms with E-state index in [1.165, 1.54) is 23.6 Å². The first kappa shape index (κ1) is 31.3. The van der Waals surface area contributed by atoms with Crippen molar-refractivity contribution in [1.29, 1.82) is 0 Å². The minimum absolute atomic E-state index is 0.0183. The van der Waals surface area contributed by atoms with Crippen molar-refractivity contribution in [2.24, 2.45) is 0 Å². The Balaban J connectivity index is 1.67. The number of ether oxygens (including phenoxy) is 2. The van der Waals surface area contributed by atoms with Crippen molar-refractivity contribution in [3.05, 3.63) is 82.1 Å². The summed E-state index contributed by atoms with van der Waals surface area (Å²) in [7, 11) is -0.598. The molecule has 1 atom stereocenters. The van der Waals surface area contributed by atoms with E-state index >= 15 is 0 Å². The van der Waals surface area contributed by atoms with Gasteiger partial charge >= 0.3 is 6.09 Å². The van der Waals surface area contributed by atoms with Crippen molar-refractivity contribution in [3.8, 4) is 11.5 Å². The lowest BCUT2D eigenvalue weighted by atomic mass is 9.98. The van der Waals surface area contributed by atoms with E-state index in [9.17, 15) is 14.7 Å². The molecule has 2 heterocycles. The fourth-order valence-corrected chi connectivity index (χ4v) is 6.32. The van der Waals surface area contributed by atoms with Gasteiger partial charge in [0.05, 0.1) is 31.0 Å². The highest BCUT2D eigenvalue weighted by Gasteiger charge is 2.39. The molecule has 0 aliphatic carbocycles. The summed E-state index contributed by atoms with van der Waals surface area (Å²) in [6.07, 6.45) is 1.43. The number of rotatable bonds is 10. The van der Waals surface area contributed by atoms with E-state index in [4.69, 9.17) is 13.9 Å². The number of methoxy groups -OCH3 is 1. The molecule has 2 N–H and O–H groups in total. The molecule has 8 nitrogen and oxygen atoms in total. The Kier molecular flexibility index (Phi) is 9.81. The van der Waals surface area contributed by atoms with E-state index in [-0.39, 0.29) is 34.8 Å². The average Bonchev–Trinajstić information content (AvgIpc) is 3.49. The maximum Gasteiger partial charge on any atom is 0.409 e. The molecule has 1 aliphatic heterocycles. The van der Waals surface area contributed by atoms with Gasteiger partial charge in [0.2, 0.25) is 0 Å². The van der Waals surface area contributed by atoms with Gasteiger partial charge in [0, 0.05) is 17.5 Å². The van der Waals surface area contributed by atoms with Gasteiger partial charge in [-0.15, -0.1) is 11.3 Å². The second kappa shape index (κ2) is 13.1. The van der Waals surface area contributed by atoms with Gasteiger partial charge in [-0.05, 0) is 53.2 Å². The van der Waals surface area contributed by atoms with Crippen LogP contribution in [0.15, 0.2) is 66.1 Å². The number of nitrogens with one attached hydrogen (secondary N) is 1. The van der Waals surface area contributed by atoms with Crippen molar-refractivity contribution in [1.82, 2.24) is 4.90 Å². The summed E-state index contributed by atoms with van der Waals surface area (Å²) >= 11 is 1.67. The van der Waals surface area contributed by atoms with Crippen LogP contribution in [0.3, 0.4) is 0 Å². The van der Waals surface area contributed by atoms with Gasteiger partial charge in [0.15, 0.2) is 19.8 Å². The number of carbonyl (C=O) groups excluding carboxylic acids is 1. The van der Waals surface area contributed by atoms with Gasteiger partial charge in [-0.2, -0.15) is 0 Å². The normalized spacial score (nSPS) is 15.6. The molecule has 42 heavy (non-hydrogen) atoms. The van der Waals surface area contributed by atoms with Crippen LogP contribution < -0.4 is 14.8 Å². The zero-order chi connectivity index (χ0) is 30.5. The zero-order valence-electron chi connectivity index (χ0n) is 25.1. The molecular weight excluding hydrogens is 569 g/mol. The first-order chi connectivity index (χ1) is 19.9. The molecule has 1 aromatic heterocycles. The molecule has 224 valence electrons.